The SMILES string of the molecule is Fc1cc(Cl)ccc1NC(CC(F)(F)F)c1ccccc1. The molecule has 0 aliphatic rings. The van der Waals surface area contributed by atoms with Gasteiger partial charge in [0.25, 0.3) is 0 Å². The lowest BCUT2D eigenvalue weighted by atomic mass is 10.0. The molecule has 2 aromatic carbocycles. The first-order valence-electron chi connectivity index (χ1n) is 6.18. The molecule has 0 spiro atoms. The van der Waals surface area contributed by atoms with Crippen LogP contribution in [-0.2, 0) is 0 Å². The van der Waals surface area contributed by atoms with Gasteiger partial charge in [0, 0.05) is 5.02 Å². The molecule has 0 saturated heterocycles. The molecule has 1 nitrogen and oxygen atoms in total. The van der Waals surface area contributed by atoms with Gasteiger partial charge in [0.15, 0.2) is 0 Å². The maximum atomic E-state index is 13.7. The molecular weight excluding hydrogens is 306 g/mol. The zero-order valence-corrected chi connectivity index (χ0v) is 11.5. The molecule has 112 valence electrons. The number of hydrogen-bond donors (Lipinski definition) is 1. The van der Waals surface area contributed by atoms with Crippen molar-refractivity contribution in [2.24, 2.45) is 0 Å². The fraction of sp³-hybridized carbons (Fsp3) is 0.200. The van der Waals surface area contributed by atoms with E-state index in [1.165, 1.54) is 12.1 Å². The molecule has 0 fully saturated rings. The third-order valence-electron chi connectivity index (χ3n) is 2.90. The average molecular weight is 318 g/mol. The van der Waals surface area contributed by atoms with Crippen molar-refractivity contribution in [2.75, 3.05) is 5.32 Å². The summed E-state index contributed by atoms with van der Waals surface area (Å²) in [7, 11) is 0. The number of alkyl halides is 3. The molecule has 21 heavy (non-hydrogen) atoms. The standard InChI is InChI=1S/C15H12ClF4N/c16-11-6-7-13(12(17)8-11)21-14(9-15(18,19)20)10-4-2-1-3-5-10/h1-8,14,21H,9H2. The van der Waals surface area contributed by atoms with E-state index < -0.39 is 24.5 Å². The minimum Gasteiger partial charge on any atom is -0.376 e. The van der Waals surface area contributed by atoms with Gasteiger partial charge in [-0.15, -0.1) is 0 Å². The lowest BCUT2D eigenvalue weighted by Crippen LogP contribution is -2.20. The van der Waals surface area contributed by atoms with E-state index in [2.05, 4.69) is 5.32 Å². The minimum atomic E-state index is -4.36. The van der Waals surface area contributed by atoms with Gasteiger partial charge in [0.05, 0.1) is 18.2 Å². The molecule has 0 aromatic heterocycles. The maximum Gasteiger partial charge on any atom is 0.391 e. The van der Waals surface area contributed by atoms with Crippen LogP contribution in [0.2, 0.25) is 5.02 Å². The van der Waals surface area contributed by atoms with Crippen LogP contribution in [0.1, 0.15) is 18.0 Å². The van der Waals surface area contributed by atoms with E-state index in [-0.39, 0.29) is 10.7 Å². The average Bonchev–Trinajstić information content (AvgIpc) is 2.40. The van der Waals surface area contributed by atoms with Gasteiger partial charge < -0.3 is 5.32 Å². The van der Waals surface area contributed by atoms with Gasteiger partial charge in [-0.1, -0.05) is 41.9 Å². The molecule has 1 N–H and O–H groups in total. The lowest BCUT2D eigenvalue weighted by molar-refractivity contribution is -0.137. The first-order chi connectivity index (χ1) is 9.85. The monoisotopic (exact) mass is 317 g/mol. The van der Waals surface area contributed by atoms with Gasteiger partial charge in [0.1, 0.15) is 5.82 Å². The van der Waals surface area contributed by atoms with E-state index in [0.717, 1.165) is 6.07 Å². The van der Waals surface area contributed by atoms with Crippen LogP contribution in [0, 0.1) is 5.82 Å². The van der Waals surface area contributed by atoms with Crippen LogP contribution in [0.15, 0.2) is 48.5 Å². The van der Waals surface area contributed by atoms with E-state index in [0.29, 0.717) is 5.56 Å². The first-order valence-corrected chi connectivity index (χ1v) is 6.56. The summed E-state index contributed by atoms with van der Waals surface area (Å²) < 4.78 is 51.8. The third kappa shape index (κ3) is 4.63. The highest BCUT2D eigenvalue weighted by molar-refractivity contribution is 6.30. The minimum absolute atomic E-state index is 0.0162. The second-order valence-electron chi connectivity index (χ2n) is 4.55. The van der Waals surface area contributed by atoms with Crippen LogP contribution >= 0.6 is 11.6 Å². The highest BCUT2D eigenvalue weighted by Crippen LogP contribution is 2.33. The van der Waals surface area contributed by atoms with Crippen molar-refractivity contribution >= 4 is 17.3 Å². The Morgan fingerprint density at radius 1 is 1.05 bits per heavy atom. The number of halogens is 5. The van der Waals surface area contributed by atoms with Crippen LogP contribution in [0.25, 0.3) is 0 Å². The van der Waals surface area contributed by atoms with Crippen LogP contribution in [0.3, 0.4) is 0 Å². The summed E-state index contributed by atoms with van der Waals surface area (Å²) in [4.78, 5) is 0. The van der Waals surface area contributed by atoms with Crippen molar-refractivity contribution in [3.8, 4) is 0 Å². The number of anilines is 1. The highest BCUT2D eigenvalue weighted by atomic mass is 35.5. The Morgan fingerprint density at radius 3 is 2.29 bits per heavy atom. The zero-order valence-electron chi connectivity index (χ0n) is 10.8. The number of benzene rings is 2. The predicted molar refractivity (Wildman–Crippen MR) is 74.9 cm³/mol. The zero-order chi connectivity index (χ0) is 15.5. The Morgan fingerprint density at radius 2 is 1.71 bits per heavy atom. The van der Waals surface area contributed by atoms with E-state index >= 15 is 0 Å². The van der Waals surface area contributed by atoms with E-state index in [1.54, 1.807) is 30.3 Å². The van der Waals surface area contributed by atoms with Crippen molar-refractivity contribution in [1.82, 2.24) is 0 Å². The molecule has 0 amide bonds. The molecule has 0 bridgehead atoms. The lowest BCUT2D eigenvalue weighted by Gasteiger charge is -2.22. The van der Waals surface area contributed by atoms with Crippen LogP contribution in [-0.4, -0.2) is 6.18 Å². The summed E-state index contributed by atoms with van der Waals surface area (Å²) in [6, 6.07) is 10.8. The van der Waals surface area contributed by atoms with Crippen molar-refractivity contribution in [3.63, 3.8) is 0 Å². The van der Waals surface area contributed by atoms with Gasteiger partial charge in [-0.3, -0.25) is 0 Å². The van der Waals surface area contributed by atoms with E-state index in [1.807, 2.05) is 0 Å². The Hall–Kier alpha value is -1.75. The van der Waals surface area contributed by atoms with Crippen molar-refractivity contribution < 1.29 is 17.6 Å². The normalized spacial score (nSPS) is 13.0. The fourth-order valence-electron chi connectivity index (χ4n) is 1.96. The Kier molecular flexibility index (Phi) is 4.73. The molecule has 1 atom stereocenters. The third-order valence-corrected chi connectivity index (χ3v) is 3.13. The predicted octanol–water partition coefficient (Wildman–Crippen LogP) is 5.58. The van der Waals surface area contributed by atoms with Crippen LogP contribution in [0.4, 0.5) is 23.2 Å². The number of rotatable bonds is 4. The number of nitrogens with one attached hydrogen (secondary N) is 1. The fourth-order valence-corrected chi connectivity index (χ4v) is 2.12. The van der Waals surface area contributed by atoms with Crippen molar-refractivity contribution in [3.05, 3.63) is 64.9 Å². The summed E-state index contributed by atoms with van der Waals surface area (Å²) in [5, 5.41) is 2.78. The van der Waals surface area contributed by atoms with Crippen molar-refractivity contribution in [2.45, 2.75) is 18.6 Å². The molecule has 0 heterocycles. The van der Waals surface area contributed by atoms with Gasteiger partial charge in [-0.05, 0) is 23.8 Å². The molecule has 6 heteroatoms. The van der Waals surface area contributed by atoms with E-state index in [4.69, 9.17) is 11.6 Å². The molecule has 0 aliphatic carbocycles. The Bertz CT molecular complexity index is 598. The number of hydrogen-bond acceptors (Lipinski definition) is 1. The summed E-state index contributed by atoms with van der Waals surface area (Å²) in [6.45, 7) is 0. The molecule has 0 aliphatic heterocycles. The van der Waals surface area contributed by atoms with Gasteiger partial charge in [0.2, 0.25) is 0 Å². The molecular formula is C15H12ClF4N. The smallest absolute Gasteiger partial charge is 0.376 e. The molecule has 2 rings (SSSR count). The Labute approximate surface area is 124 Å². The highest BCUT2D eigenvalue weighted by Gasteiger charge is 2.33. The first kappa shape index (κ1) is 15.6. The summed E-state index contributed by atoms with van der Waals surface area (Å²) >= 11 is 5.63. The van der Waals surface area contributed by atoms with Crippen molar-refractivity contribution in [1.29, 1.82) is 0 Å². The summed E-state index contributed by atoms with van der Waals surface area (Å²) in [6.07, 6.45) is -5.46. The second-order valence-corrected chi connectivity index (χ2v) is 4.99. The summed E-state index contributed by atoms with van der Waals surface area (Å²) in [5.74, 6) is -0.689. The molecule has 2 aromatic rings. The molecule has 0 radical (unpaired) electrons. The molecule has 0 saturated carbocycles. The van der Waals surface area contributed by atoms with Gasteiger partial charge >= 0.3 is 6.18 Å². The topological polar surface area (TPSA) is 12.0 Å². The maximum absolute atomic E-state index is 13.7. The van der Waals surface area contributed by atoms with Gasteiger partial charge in [-0.2, -0.15) is 13.2 Å². The van der Waals surface area contributed by atoms with Crippen LogP contribution < -0.4 is 5.32 Å². The van der Waals surface area contributed by atoms with Crippen LogP contribution in [0.5, 0.6) is 0 Å². The quantitative estimate of drug-likeness (QED) is 0.725. The van der Waals surface area contributed by atoms with Gasteiger partial charge in [-0.25, -0.2) is 4.39 Å². The molecule has 1 unspecified atom stereocenters. The second kappa shape index (κ2) is 6.35. The summed E-state index contributed by atoms with van der Waals surface area (Å²) in [5.41, 5.74) is 0.418. The van der Waals surface area contributed by atoms with E-state index in [9.17, 15) is 17.6 Å². The largest absolute Gasteiger partial charge is 0.391 e. The Balaban J connectivity index is 2.28.